The van der Waals surface area contributed by atoms with Gasteiger partial charge < -0.3 is 10.5 Å². The SMILES string of the molecule is CC1CCCC(OC(C(C)N)C(C)(C)C)C1. The Morgan fingerprint density at radius 2 is 1.88 bits per heavy atom. The molecule has 16 heavy (non-hydrogen) atoms. The lowest BCUT2D eigenvalue weighted by atomic mass is 9.84. The van der Waals surface area contributed by atoms with Crippen molar-refractivity contribution in [3.05, 3.63) is 0 Å². The number of nitrogens with two attached hydrogens (primary N) is 1. The van der Waals surface area contributed by atoms with E-state index < -0.39 is 0 Å². The second-order valence-electron chi connectivity index (χ2n) is 6.68. The topological polar surface area (TPSA) is 35.2 Å². The third kappa shape index (κ3) is 4.06. The summed E-state index contributed by atoms with van der Waals surface area (Å²) in [4.78, 5) is 0. The predicted octanol–water partition coefficient (Wildman–Crippen LogP) is 3.34. The molecule has 2 nitrogen and oxygen atoms in total. The van der Waals surface area contributed by atoms with Gasteiger partial charge in [-0.25, -0.2) is 0 Å². The zero-order valence-corrected chi connectivity index (χ0v) is 11.6. The molecule has 1 fully saturated rings. The highest BCUT2D eigenvalue weighted by molar-refractivity contribution is 4.84. The standard InChI is InChI=1S/C14H29NO/c1-10-7-6-8-12(9-10)16-13(11(2)15)14(3,4)5/h10-13H,6-9,15H2,1-5H3. The number of hydrogen-bond donors (Lipinski definition) is 1. The van der Waals surface area contributed by atoms with Gasteiger partial charge in [0.25, 0.3) is 0 Å². The molecule has 4 unspecified atom stereocenters. The first-order valence-corrected chi connectivity index (χ1v) is 6.71. The average Bonchev–Trinajstić information content (AvgIpc) is 2.12. The highest BCUT2D eigenvalue weighted by atomic mass is 16.5. The Hall–Kier alpha value is -0.0800. The summed E-state index contributed by atoms with van der Waals surface area (Å²) in [6.45, 7) is 11.0. The van der Waals surface area contributed by atoms with Crippen molar-refractivity contribution >= 4 is 0 Å². The summed E-state index contributed by atoms with van der Waals surface area (Å²) in [6.07, 6.45) is 5.68. The normalized spacial score (nSPS) is 31.1. The van der Waals surface area contributed by atoms with Crippen molar-refractivity contribution in [3.63, 3.8) is 0 Å². The molecular formula is C14H29NO. The minimum Gasteiger partial charge on any atom is -0.373 e. The van der Waals surface area contributed by atoms with Crippen molar-refractivity contribution in [3.8, 4) is 0 Å². The fraction of sp³-hybridized carbons (Fsp3) is 1.00. The Labute approximate surface area is 101 Å². The molecule has 1 rings (SSSR count). The molecule has 0 aliphatic heterocycles. The van der Waals surface area contributed by atoms with Crippen molar-refractivity contribution in [2.75, 3.05) is 0 Å². The summed E-state index contributed by atoms with van der Waals surface area (Å²) in [5.74, 6) is 0.812. The van der Waals surface area contributed by atoms with Gasteiger partial charge in [-0.05, 0) is 31.1 Å². The first-order chi connectivity index (χ1) is 7.30. The molecule has 96 valence electrons. The van der Waals surface area contributed by atoms with E-state index in [0.29, 0.717) is 6.10 Å². The van der Waals surface area contributed by atoms with Crippen molar-refractivity contribution in [2.45, 2.75) is 78.6 Å². The third-order valence-corrected chi connectivity index (χ3v) is 3.56. The minimum atomic E-state index is 0.109. The van der Waals surface area contributed by atoms with E-state index in [1.165, 1.54) is 25.7 Å². The number of hydrogen-bond acceptors (Lipinski definition) is 2. The zero-order chi connectivity index (χ0) is 12.3. The summed E-state index contributed by atoms with van der Waals surface area (Å²) in [7, 11) is 0. The van der Waals surface area contributed by atoms with E-state index in [1.54, 1.807) is 0 Å². The molecule has 1 aliphatic rings. The smallest absolute Gasteiger partial charge is 0.0775 e. The lowest BCUT2D eigenvalue weighted by Crippen LogP contribution is -2.46. The zero-order valence-electron chi connectivity index (χ0n) is 11.6. The van der Waals surface area contributed by atoms with Crippen LogP contribution in [-0.2, 0) is 4.74 Å². The molecule has 4 atom stereocenters. The molecule has 1 saturated carbocycles. The first kappa shape index (κ1) is 14.0. The first-order valence-electron chi connectivity index (χ1n) is 6.71. The van der Waals surface area contributed by atoms with Crippen molar-refractivity contribution in [1.82, 2.24) is 0 Å². The molecule has 0 bridgehead atoms. The molecule has 0 heterocycles. The Morgan fingerprint density at radius 3 is 2.31 bits per heavy atom. The van der Waals surface area contributed by atoms with Crippen LogP contribution in [0.4, 0.5) is 0 Å². The van der Waals surface area contributed by atoms with Crippen LogP contribution < -0.4 is 5.73 Å². The number of rotatable bonds is 3. The average molecular weight is 227 g/mol. The molecule has 2 N–H and O–H groups in total. The molecule has 0 spiro atoms. The van der Waals surface area contributed by atoms with Gasteiger partial charge in [-0.2, -0.15) is 0 Å². The molecule has 0 aromatic rings. The highest BCUT2D eigenvalue weighted by Gasteiger charge is 2.32. The fourth-order valence-electron chi connectivity index (χ4n) is 2.83. The lowest BCUT2D eigenvalue weighted by molar-refractivity contribution is -0.0929. The van der Waals surface area contributed by atoms with Crippen molar-refractivity contribution < 1.29 is 4.74 Å². The molecule has 0 radical (unpaired) electrons. The van der Waals surface area contributed by atoms with Gasteiger partial charge in [0.05, 0.1) is 12.2 Å². The third-order valence-electron chi connectivity index (χ3n) is 3.56. The van der Waals surface area contributed by atoms with Crippen LogP contribution in [0.3, 0.4) is 0 Å². The van der Waals surface area contributed by atoms with Gasteiger partial charge in [-0.1, -0.05) is 40.5 Å². The number of ether oxygens (including phenoxy) is 1. The summed E-state index contributed by atoms with van der Waals surface area (Å²) in [5, 5.41) is 0. The van der Waals surface area contributed by atoms with Gasteiger partial charge in [0.2, 0.25) is 0 Å². The minimum absolute atomic E-state index is 0.109. The van der Waals surface area contributed by atoms with E-state index in [0.717, 1.165) is 5.92 Å². The monoisotopic (exact) mass is 227 g/mol. The van der Waals surface area contributed by atoms with Gasteiger partial charge in [0, 0.05) is 6.04 Å². The Balaban J connectivity index is 2.54. The van der Waals surface area contributed by atoms with Gasteiger partial charge in [-0.3, -0.25) is 0 Å². The Kier molecular flexibility index (Phi) is 4.81. The van der Waals surface area contributed by atoms with Crippen LogP contribution in [0, 0.1) is 11.3 Å². The van der Waals surface area contributed by atoms with Crippen molar-refractivity contribution in [2.24, 2.45) is 17.1 Å². The second kappa shape index (κ2) is 5.50. The Morgan fingerprint density at radius 1 is 1.25 bits per heavy atom. The molecule has 2 heteroatoms. The Bertz CT molecular complexity index is 207. The summed E-state index contributed by atoms with van der Waals surface area (Å²) >= 11 is 0. The van der Waals surface area contributed by atoms with Gasteiger partial charge in [0.1, 0.15) is 0 Å². The molecule has 1 aliphatic carbocycles. The fourth-order valence-corrected chi connectivity index (χ4v) is 2.83. The summed E-state index contributed by atoms with van der Waals surface area (Å²) in [5.41, 5.74) is 6.18. The van der Waals surface area contributed by atoms with E-state index in [4.69, 9.17) is 10.5 Å². The van der Waals surface area contributed by atoms with E-state index >= 15 is 0 Å². The largest absolute Gasteiger partial charge is 0.373 e. The maximum Gasteiger partial charge on any atom is 0.0775 e. The van der Waals surface area contributed by atoms with E-state index in [2.05, 4.69) is 34.6 Å². The van der Waals surface area contributed by atoms with Crippen LogP contribution in [-0.4, -0.2) is 18.2 Å². The van der Waals surface area contributed by atoms with Crippen LogP contribution in [0.15, 0.2) is 0 Å². The lowest BCUT2D eigenvalue weighted by Gasteiger charge is -2.38. The predicted molar refractivity (Wildman–Crippen MR) is 69.4 cm³/mol. The highest BCUT2D eigenvalue weighted by Crippen LogP contribution is 2.31. The molecule has 0 amide bonds. The van der Waals surface area contributed by atoms with Crippen LogP contribution in [0.5, 0.6) is 0 Å². The maximum absolute atomic E-state index is 6.26. The van der Waals surface area contributed by atoms with Crippen LogP contribution >= 0.6 is 0 Å². The van der Waals surface area contributed by atoms with E-state index in [-0.39, 0.29) is 17.6 Å². The summed E-state index contributed by atoms with van der Waals surface area (Å²) < 4.78 is 6.26. The summed E-state index contributed by atoms with van der Waals surface area (Å²) in [6, 6.07) is 0.109. The van der Waals surface area contributed by atoms with Crippen LogP contribution in [0.2, 0.25) is 0 Å². The maximum atomic E-state index is 6.26. The second-order valence-corrected chi connectivity index (χ2v) is 6.68. The molecule has 0 saturated heterocycles. The van der Waals surface area contributed by atoms with Gasteiger partial charge >= 0.3 is 0 Å². The van der Waals surface area contributed by atoms with Crippen LogP contribution in [0.25, 0.3) is 0 Å². The van der Waals surface area contributed by atoms with E-state index in [9.17, 15) is 0 Å². The molecule has 0 aromatic heterocycles. The quantitative estimate of drug-likeness (QED) is 0.802. The van der Waals surface area contributed by atoms with Crippen molar-refractivity contribution in [1.29, 1.82) is 0 Å². The molecular weight excluding hydrogens is 198 g/mol. The van der Waals surface area contributed by atoms with Gasteiger partial charge in [-0.15, -0.1) is 0 Å². The van der Waals surface area contributed by atoms with Crippen LogP contribution in [0.1, 0.15) is 60.3 Å². The van der Waals surface area contributed by atoms with E-state index in [1.807, 2.05) is 0 Å². The van der Waals surface area contributed by atoms with Gasteiger partial charge in [0.15, 0.2) is 0 Å². The molecule has 0 aromatic carbocycles.